The summed E-state index contributed by atoms with van der Waals surface area (Å²) in [5.74, 6) is 0.481. The Morgan fingerprint density at radius 3 is 2.67 bits per heavy atom. The standard InChI is InChI=1S/C18H23ClN2O2S/c1-11-6-7-24-17(11)10-21(4)13(3)18(22)20-15-8-12(2)14(19)9-16(15)23-5/h6-9,13H,10H2,1-5H3,(H,20,22). The maximum Gasteiger partial charge on any atom is 0.241 e. The van der Waals surface area contributed by atoms with Gasteiger partial charge in [0.25, 0.3) is 0 Å². The number of carbonyl (C=O) groups is 1. The smallest absolute Gasteiger partial charge is 0.241 e. The van der Waals surface area contributed by atoms with Crippen molar-refractivity contribution in [1.29, 1.82) is 0 Å². The van der Waals surface area contributed by atoms with Gasteiger partial charge in [0, 0.05) is 22.5 Å². The van der Waals surface area contributed by atoms with Gasteiger partial charge in [-0.15, -0.1) is 11.3 Å². The first-order valence-electron chi connectivity index (χ1n) is 7.71. The molecule has 0 saturated heterocycles. The van der Waals surface area contributed by atoms with Crippen LogP contribution in [0.3, 0.4) is 0 Å². The minimum Gasteiger partial charge on any atom is -0.495 e. The highest BCUT2D eigenvalue weighted by molar-refractivity contribution is 7.10. The van der Waals surface area contributed by atoms with E-state index in [1.165, 1.54) is 10.4 Å². The van der Waals surface area contributed by atoms with Gasteiger partial charge in [-0.25, -0.2) is 0 Å². The third kappa shape index (κ3) is 4.29. The van der Waals surface area contributed by atoms with Gasteiger partial charge in [0.2, 0.25) is 5.91 Å². The van der Waals surface area contributed by atoms with E-state index < -0.39 is 0 Å². The van der Waals surface area contributed by atoms with Crippen LogP contribution in [-0.2, 0) is 11.3 Å². The summed E-state index contributed by atoms with van der Waals surface area (Å²) < 4.78 is 5.31. The Labute approximate surface area is 152 Å². The molecule has 2 aromatic rings. The van der Waals surface area contributed by atoms with Crippen LogP contribution in [0.2, 0.25) is 5.02 Å². The van der Waals surface area contributed by atoms with E-state index in [1.54, 1.807) is 24.5 Å². The van der Waals surface area contributed by atoms with Crippen molar-refractivity contribution >= 4 is 34.5 Å². The largest absolute Gasteiger partial charge is 0.495 e. The van der Waals surface area contributed by atoms with E-state index in [4.69, 9.17) is 16.3 Å². The van der Waals surface area contributed by atoms with E-state index >= 15 is 0 Å². The van der Waals surface area contributed by atoms with Crippen molar-refractivity contribution < 1.29 is 9.53 Å². The Morgan fingerprint density at radius 2 is 2.08 bits per heavy atom. The predicted octanol–water partition coefficient (Wildman–Crippen LogP) is 4.49. The molecule has 0 aliphatic carbocycles. The van der Waals surface area contributed by atoms with Crippen molar-refractivity contribution in [3.63, 3.8) is 0 Å². The van der Waals surface area contributed by atoms with Gasteiger partial charge >= 0.3 is 0 Å². The molecule has 130 valence electrons. The minimum absolute atomic E-state index is 0.0771. The van der Waals surface area contributed by atoms with Crippen LogP contribution in [0.5, 0.6) is 5.75 Å². The lowest BCUT2D eigenvalue weighted by molar-refractivity contribution is -0.120. The second-order valence-electron chi connectivity index (χ2n) is 5.91. The number of carbonyl (C=O) groups excluding carboxylic acids is 1. The maximum absolute atomic E-state index is 12.6. The molecule has 1 unspecified atom stereocenters. The lowest BCUT2D eigenvalue weighted by Crippen LogP contribution is -2.39. The summed E-state index contributed by atoms with van der Waals surface area (Å²) in [6.07, 6.45) is 0. The van der Waals surface area contributed by atoms with E-state index in [9.17, 15) is 4.79 Å². The number of rotatable bonds is 6. The highest BCUT2D eigenvalue weighted by Crippen LogP contribution is 2.31. The number of methoxy groups -OCH3 is 1. The zero-order valence-electron chi connectivity index (χ0n) is 14.6. The molecule has 2 rings (SSSR count). The van der Waals surface area contributed by atoms with Crippen molar-refractivity contribution in [2.24, 2.45) is 0 Å². The Hall–Kier alpha value is -1.56. The number of anilines is 1. The number of nitrogens with one attached hydrogen (secondary N) is 1. The molecular weight excluding hydrogens is 344 g/mol. The number of hydrogen-bond acceptors (Lipinski definition) is 4. The molecule has 1 N–H and O–H groups in total. The van der Waals surface area contributed by atoms with Gasteiger partial charge in [0.1, 0.15) is 5.75 Å². The second kappa shape index (κ2) is 8.01. The third-order valence-electron chi connectivity index (χ3n) is 4.14. The first-order valence-corrected chi connectivity index (χ1v) is 8.97. The summed E-state index contributed by atoms with van der Waals surface area (Å²) in [6, 6.07) is 5.37. The number of thiophene rings is 1. The monoisotopic (exact) mass is 366 g/mol. The zero-order valence-corrected chi connectivity index (χ0v) is 16.2. The fraction of sp³-hybridized carbons (Fsp3) is 0.389. The van der Waals surface area contributed by atoms with Crippen LogP contribution < -0.4 is 10.1 Å². The van der Waals surface area contributed by atoms with Crippen LogP contribution in [0.25, 0.3) is 0 Å². The SMILES string of the molecule is COc1cc(Cl)c(C)cc1NC(=O)C(C)N(C)Cc1sccc1C. The minimum atomic E-state index is -0.271. The number of nitrogens with zero attached hydrogens (tertiary/aromatic N) is 1. The number of halogens is 1. The van der Waals surface area contributed by atoms with E-state index in [0.717, 1.165) is 12.1 Å². The van der Waals surface area contributed by atoms with E-state index in [-0.39, 0.29) is 11.9 Å². The molecule has 1 amide bonds. The van der Waals surface area contributed by atoms with Crippen LogP contribution in [0.15, 0.2) is 23.6 Å². The molecule has 1 heterocycles. The normalized spacial score (nSPS) is 12.3. The summed E-state index contributed by atoms with van der Waals surface area (Å²) in [7, 11) is 3.51. The van der Waals surface area contributed by atoms with Crippen LogP contribution in [0, 0.1) is 13.8 Å². The van der Waals surface area contributed by atoms with Gasteiger partial charge in [-0.1, -0.05) is 11.6 Å². The number of hydrogen-bond donors (Lipinski definition) is 1. The Balaban J connectivity index is 2.08. The Morgan fingerprint density at radius 1 is 1.38 bits per heavy atom. The summed E-state index contributed by atoms with van der Waals surface area (Å²) in [5, 5.41) is 5.63. The summed E-state index contributed by atoms with van der Waals surface area (Å²) in [5.41, 5.74) is 2.79. The zero-order chi connectivity index (χ0) is 17.9. The Bertz CT molecular complexity index is 730. The fourth-order valence-corrected chi connectivity index (χ4v) is 3.42. The fourth-order valence-electron chi connectivity index (χ4n) is 2.30. The van der Waals surface area contributed by atoms with Crippen LogP contribution in [0.1, 0.15) is 22.9 Å². The first kappa shape index (κ1) is 18.8. The molecule has 0 spiro atoms. The number of amides is 1. The van der Waals surface area contributed by atoms with E-state index in [0.29, 0.717) is 16.5 Å². The van der Waals surface area contributed by atoms with Gasteiger partial charge in [-0.2, -0.15) is 0 Å². The quantitative estimate of drug-likeness (QED) is 0.819. The number of benzene rings is 1. The van der Waals surface area contributed by atoms with Gasteiger partial charge in [0.05, 0.1) is 18.8 Å². The molecule has 4 nitrogen and oxygen atoms in total. The van der Waals surface area contributed by atoms with E-state index in [2.05, 4.69) is 23.7 Å². The van der Waals surface area contributed by atoms with Gasteiger partial charge in [0.15, 0.2) is 0 Å². The van der Waals surface area contributed by atoms with Crippen molar-refractivity contribution in [2.45, 2.75) is 33.4 Å². The molecule has 1 atom stereocenters. The van der Waals surface area contributed by atoms with Crippen molar-refractivity contribution in [2.75, 3.05) is 19.5 Å². The lowest BCUT2D eigenvalue weighted by atomic mass is 10.2. The van der Waals surface area contributed by atoms with Gasteiger partial charge < -0.3 is 10.1 Å². The van der Waals surface area contributed by atoms with Crippen molar-refractivity contribution in [1.82, 2.24) is 4.90 Å². The molecule has 0 aliphatic heterocycles. The van der Waals surface area contributed by atoms with Gasteiger partial charge in [-0.05, 0) is 56.5 Å². The molecule has 24 heavy (non-hydrogen) atoms. The van der Waals surface area contributed by atoms with Gasteiger partial charge in [-0.3, -0.25) is 9.69 Å². The number of ether oxygens (including phenoxy) is 1. The predicted molar refractivity (Wildman–Crippen MR) is 101 cm³/mol. The second-order valence-corrected chi connectivity index (χ2v) is 7.32. The molecule has 0 aliphatic rings. The molecular formula is C18H23ClN2O2S. The molecule has 1 aromatic carbocycles. The molecule has 0 saturated carbocycles. The highest BCUT2D eigenvalue weighted by atomic mass is 35.5. The number of aryl methyl sites for hydroxylation is 2. The maximum atomic E-state index is 12.6. The molecule has 6 heteroatoms. The molecule has 0 radical (unpaired) electrons. The Kier molecular flexibility index (Phi) is 6.27. The topological polar surface area (TPSA) is 41.6 Å². The van der Waals surface area contributed by atoms with Crippen molar-refractivity contribution in [3.05, 3.63) is 44.6 Å². The summed E-state index contributed by atoms with van der Waals surface area (Å²) in [4.78, 5) is 15.9. The third-order valence-corrected chi connectivity index (χ3v) is 5.56. The lowest BCUT2D eigenvalue weighted by Gasteiger charge is -2.24. The average molecular weight is 367 g/mol. The highest BCUT2D eigenvalue weighted by Gasteiger charge is 2.20. The first-order chi connectivity index (χ1) is 11.3. The van der Waals surface area contributed by atoms with Crippen LogP contribution in [-0.4, -0.2) is 31.0 Å². The van der Waals surface area contributed by atoms with E-state index in [1.807, 2.05) is 31.9 Å². The number of likely N-dealkylation sites (N-methyl/N-ethyl adjacent to an activating group) is 1. The molecule has 1 aromatic heterocycles. The van der Waals surface area contributed by atoms with Crippen LogP contribution in [0.4, 0.5) is 5.69 Å². The average Bonchev–Trinajstić information content (AvgIpc) is 2.94. The molecule has 0 fully saturated rings. The molecule has 0 bridgehead atoms. The summed E-state index contributed by atoms with van der Waals surface area (Å²) >= 11 is 7.82. The summed E-state index contributed by atoms with van der Waals surface area (Å²) in [6.45, 7) is 6.63. The van der Waals surface area contributed by atoms with Crippen molar-refractivity contribution in [3.8, 4) is 5.75 Å². The van der Waals surface area contributed by atoms with Crippen LogP contribution >= 0.6 is 22.9 Å².